The molecule has 1 heterocycles. The molecule has 1 rings (SSSR count). The van der Waals surface area contributed by atoms with Crippen molar-refractivity contribution in [2.45, 2.75) is 11.8 Å². The molecule has 0 bridgehead atoms. The second-order valence-electron chi connectivity index (χ2n) is 3.07. The number of sulfonamides is 1. The van der Waals surface area contributed by atoms with Crippen LogP contribution in [0.4, 0.5) is 0 Å². The molecule has 0 radical (unpaired) electrons. The zero-order valence-electron chi connectivity index (χ0n) is 8.56. The van der Waals surface area contributed by atoms with Crippen molar-refractivity contribution in [3.8, 4) is 0 Å². The third-order valence-electron chi connectivity index (χ3n) is 1.82. The van der Waals surface area contributed by atoms with Crippen molar-refractivity contribution in [1.82, 2.24) is 4.72 Å². The molecule has 1 aromatic rings. The van der Waals surface area contributed by atoms with Crippen molar-refractivity contribution in [2.75, 3.05) is 13.1 Å². The fourth-order valence-electron chi connectivity index (χ4n) is 1.18. The molecule has 1 aromatic heterocycles. The highest BCUT2D eigenvalue weighted by atomic mass is 32.2. The van der Waals surface area contributed by atoms with E-state index in [0.717, 1.165) is 11.3 Å². The van der Waals surface area contributed by atoms with Crippen LogP contribution in [0.2, 0.25) is 0 Å². The van der Waals surface area contributed by atoms with Gasteiger partial charge in [0.25, 0.3) is 0 Å². The number of aryl methyl sites for hydroxylation is 1. The number of nitrogens with one attached hydrogen (secondary N) is 1. The van der Waals surface area contributed by atoms with Crippen LogP contribution in [0.25, 0.3) is 0 Å². The van der Waals surface area contributed by atoms with E-state index in [4.69, 9.17) is 10.8 Å². The molecule has 0 aliphatic heterocycles. The molecule has 0 amide bonds. The van der Waals surface area contributed by atoms with Crippen LogP contribution in [-0.4, -0.2) is 32.6 Å². The van der Waals surface area contributed by atoms with Crippen LogP contribution >= 0.6 is 11.3 Å². The Morgan fingerprint density at radius 1 is 1.62 bits per heavy atom. The predicted octanol–water partition coefficient (Wildman–Crippen LogP) is -0.00828. The van der Waals surface area contributed by atoms with Gasteiger partial charge in [-0.05, 0) is 17.9 Å². The number of nitrogens with two attached hydrogens (primary N) is 1. The zero-order valence-corrected chi connectivity index (χ0v) is 10.2. The maximum atomic E-state index is 11.8. The van der Waals surface area contributed by atoms with Crippen molar-refractivity contribution in [2.24, 2.45) is 5.73 Å². The number of hydrogen-bond donors (Lipinski definition) is 3. The Kier molecular flexibility index (Phi) is 4.03. The molecule has 4 N–H and O–H groups in total. The van der Waals surface area contributed by atoms with Crippen LogP contribution < -0.4 is 10.5 Å². The summed E-state index contributed by atoms with van der Waals surface area (Å²) in [5, 5.41) is 10.4. The molecular weight excluding hydrogens is 252 g/mol. The predicted molar refractivity (Wildman–Crippen MR) is 60.3 cm³/mol. The number of carbonyl (C=O) groups is 1. The molecule has 0 saturated carbocycles. The van der Waals surface area contributed by atoms with Gasteiger partial charge in [0.2, 0.25) is 10.0 Å². The van der Waals surface area contributed by atoms with Gasteiger partial charge in [0.1, 0.15) is 9.77 Å². The first-order valence-corrected chi connectivity index (χ1v) is 6.77. The molecular formula is C8H12N2O4S2. The van der Waals surface area contributed by atoms with Gasteiger partial charge >= 0.3 is 5.97 Å². The van der Waals surface area contributed by atoms with Crippen LogP contribution in [0.1, 0.15) is 15.2 Å². The van der Waals surface area contributed by atoms with Crippen molar-refractivity contribution < 1.29 is 18.3 Å². The van der Waals surface area contributed by atoms with Gasteiger partial charge in [0, 0.05) is 13.1 Å². The molecule has 0 saturated heterocycles. The van der Waals surface area contributed by atoms with Crippen molar-refractivity contribution in [3.05, 3.63) is 15.8 Å². The van der Waals surface area contributed by atoms with E-state index < -0.39 is 16.0 Å². The summed E-state index contributed by atoms with van der Waals surface area (Å²) in [6.07, 6.45) is 0. The Morgan fingerprint density at radius 3 is 2.75 bits per heavy atom. The topological polar surface area (TPSA) is 109 Å². The third-order valence-corrected chi connectivity index (χ3v) is 4.68. The van der Waals surface area contributed by atoms with E-state index in [9.17, 15) is 13.2 Å². The summed E-state index contributed by atoms with van der Waals surface area (Å²) in [5.41, 5.74) is 5.61. The summed E-state index contributed by atoms with van der Waals surface area (Å²) in [7, 11) is -3.79. The van der Waals surface area contributed by atoms with Gasteiger partial charge in [-0.2, -0.15) is 0 Å². The molecule has 0 atom stereocenters. The first kappa shape index (κ1) is 13.1. The summed E-state index contributed by atoms with van der Waals surface area (Å²) in [6.45, 7) is 1.79. The number of aromatic carboxylic acids is 1. The molecule has 0 aliphatic rings. The zero-order chi connectivity index (χ0) is 12.3. The van der Waals surface area contributed by atoms with Gasteiger partial charge in [-0.1, -0.05) is 0 Å². The number of carboxylic acid groups (broad SMARTS) is 1. The summed E-state index contributed by atoms with van der Waals surface area (Å²) in [4.78, 5) is 10.5. The lowest BCUT2D eigenvalue weighted by molar-refractivity contribution is 0.0698. The Labute approximate surface area is 97.1 Å². The average Bonchev–Trinajstić information content (AvgIpc) is 2.58. The molecule has 8 heteroatoms. The second-order valence-corrected chi connectivity index (χ2v) is 5.65. The molecule has 0 aliphatic carbocycles. The van der Waals surface area contributed by atoms with Gasteiger partial charge in [-0.3, -0.25) is 0 Å². The minimum atomic E-state index is -3.79. The first-order chi connectivity index (χ1) is 7.40. The molecule has 0 fully saturated rings. The maximum absolute atomic E-state index is 11.8. The van der Waals surface area contributed by atoms with E-state index in [1.165, 1.54) is 5.38 Å². The Morgan fingerprint density at radius 2 is 2.25 bits per heavy atom. The lowest BCUT2D eigenvalue weighted by Gasteiger charge is -2.06. The summed E-state index contributed by atoms with van der Waals surface area (Å²) < 4.78 is 25.8. The average molecular weight is 264 g/mol. The second kappa shape index (κ2) is 4.91. The number of thiophene rings is 1. The SMILES string of the molecule is Cc1csc(C(=O)O)c1S(=O)(=O)NCCN. The van der Waals surface area contributed by atoms with Gasteiger partial charge in [-0.25, -0.2) is 17.9 Å². The normalized spacial score (nSPS) is 11.6. The van der Waals surface area contributed by atoms with Crippen molar-refractivity contribution in [1.29, 1.82) is 0 Å². The van der Waals surface area contributed by atoms with E-state index in [1.807, 2.05) is 0 Å². The Hall–Kier alpha value is -0.960. The van der Waals surface area contributed by atoms with Crippen LogP contribution in [0.5, 0.6) is 0 Å². The van der Waals surface area contributed by atoms with Crippen LogP contribution in [0.3, 0.4) is 0 Å². The van der Waals surface area contributed by atoms with Gasteiger partial charge < -0.3 is 10.8 Å². The van der Waals surface area contributed by atoms with E-state index in [1.54, 1.807) is 6.92 Å². The molecule has 90 valence electrons. The molecule has 6 nitrogen and oxygen atoms in total. The fourth-order valence-corrected chi connectivity index (χ4v) is 3.85. The Balaban J connectivity index is 3.21. The smallest absolute Gasteiger partial charge is 0.347 e. The monoisotopic (exact) mass is 264 g/mol. The standard InChI is InChI=1S/C8H12N2O4S2/c1-5-4-15-6(8(11)12)7(5)16(13,14)10-3-2-9/h4,10H,2-3,9H2,1H3,(H,11,12). The maximum Gasteiger partial charge on any atom is 0.347 e. The largest absolute Gasteiger partial charge is 0.477 e. The molecule has 0 unspecified atom stereocenters. The molecule has 16 heavy (non-hydrogen) atoms. The summed E-state index contributed by atoms with van der Waals surface area (Å²) in [5.74, 6) is -1.24. The number of carboxylic acids is 1. The van der Waals surface area contributed by atoms with Crippen molar-refractivity contribution >= 4 is 27.3 Å². The summed E-state index contributed by atoms with van der Waals surface area (Å²) >= 11 is 0.895. The minimum Gasteiger partial charge on any atom is -0.477 e. The van der Waals surface area contributed by atoms with E-state index in [-0.39, 0.29) is 22.9 Å². The first-order valence-electron chi connectivity index (χ1n) is 4.41. The fraction of sp³-hybridized carbons (Fsp3) is 0.375. The Bertz CT molecular complexity index is 492. The van der Waals surface area contributed by atoms with Crippen molar-refractivity contribution in [3.63, 3.8) is 0 Å². The van der Waals surface area contributed by atoms with Gasteiger partial charge in [-0.15, -0.1) is 11.3 Å². The van der Waals surface area contributed by atoms with Gasteiger partial charge in [0.15, 0.2) is 0 Å². The highest BCUT2D eigenvalue weighted by Crippen LogP contribution is 2.26. The molecule has 0 aromatic carbocycles. The molecule has 0 spiro atoms. The van der Waals surface area contributed by atoms with Gasteiger partial charge in [0.05, 0.1) is 0 Å². The minimum absolute atomic E-state index is 0.0800. The number of rotatable bonds is 5. The van der Waals surface area contributed by atoms with E-state index in [2.05, 4.69) is 4.72 Å². The van der Waals surface area contributed by atoms with Crippen LogP contribution in [0.15, 0.2) is 10.3 Å². The quantitative estimate of drug-likeness (QED) is 0.693. The lowest BCUT2D eigenvalue weighted by atomic mass is 10.3. The highest BCUT2D eigenvalue weighted by Gasteiger charge is 2.26. The summed E-state index contributed by atoms with van der Waals surface area (Å²) in [6, 6.07) is 0. The highest BCUT2D eigenvalue weighted by molar-refractivity contribution is 7.89. The van der Waals surface area contributed by atoms with Crippen LogP contribution in [-0.2, 0) is 10.0 Å². The lowest BCUT2D eigenvalue weighted by Crippen LogP contribution is -2.30. The van der Waals surface area contributed by atoms with E-state index in [0.29, 0.717) is 5.56 Å². The van der Waals surface area contributed by atoms with Crippen LogP contribution in [0, 0.1) is 6.92 Å². The third kappa shape index (κ3) is 2.59. The number of hydrogen-bond acceptors (Lipinski definition) is 5. The van der Waals surface area contributed by atoms with E-state index >= 15 is 0 Å².